The summed E-state index contributed by atoms with van der Waals surface area (Å²) in [6.45, 7) is 0.784. The maximum absolute atomic E-state index is 11.7. The predicted octanol–water partition coefficient (Wildman–Crippen LogP) is 2.12. The van der Waals surface area contributed by atoms with Gasteiger partial charge in [0.1, 0.15) is 11.0 Å². The van der Waals surface area contributed by atoms with Crippen molar-refractivity contribution in [1.82, 2.24) is 0 Å². The van der Waals surface area contributed by atoms with Gasteiger partial charge in [-0.2, -0.15) is 0 Å². The number of methoxy groups -OCH3 is 1. The summed E-state index contributed by atoms with van der Waals surface area (Å²) in [5.74, 6) is -0.230. The van der Waals surface area contributed by atoms with E-state index < -0.39 is 0 Å². The van der Waals surface area contributed by atoms with E-state index in [9.17, 15) is 4.79 Å². The normalized spacial score (nSPS) is 18.4. The molecule has 2 N–H and O–H groups in total. The summed E-state index contributed by atoms with van der Waals surface area (Å²) in [6.07, 6.45) is 1.72. The first-order valence-electron chi connectivity index (χ1n) is 5.98. The van der Waals surface area contributed by atoms with E-state index >= 15 is 0 Å². The molecule has 0 aliphatic carbocycles. The molecule has 1 saturated heterocycles. The smallest absolute Gasteiger partial charge is 0.328 e. The van der Waals surface area contributed by atoms with Crippen LogP contribution in [-0.2, 0) is 9.53 Å². The molecule has 1 aliphatic heterocycles. The van der Waals surface area contributed by atoms with Gasteiger partial charge in [0.05, 0.1) is 17.8 Å². The molecule has 1 fully saturated rings. The highest BCUT2D eigenvalue weighted by Gasteiger charge is 2.32. The molecule has 2 rings (SSSR count). The van der Waals surface area contributed by atoms with Crippen LogP contribution >= 0.6 is 23.8 Å². The van der Waals surface area contributed by atoms with E-state index in [0.717, 1.165) is 30.6 Å². The summed E-state index contributed by atoms with van der Waals surface area (Å²) in [5.41, 5.74) is 7.10. The van der Waals surface area contributed by atoms with E-state index in [-0.39, 0.29) is 12.0 Å². The second-order valence-electron chi connectivity index (χ2n) is 4.41. The van der Waals surface area contributed by atoms with Crippen LogP contribution in [0.4, 0.5) is 5.69 Å². The van der Waals surface area contributed by atoms with Crippen LogP contribution in [0.25, 0.3) is 0 Å². The van der Waals surface area contributed by atoms with E-state index in [1.54, 1.807) is 6.07 Å². The molecular weight excluding hydrogens is 284 g/mol. The Kier molecular flexibility index (Phi) is 4.27. The number of thiocarbonyl (C=S) groups is 1. The molecule has 4 nitrogen and oxygen atoms in total. The SMILES string of the molecule is COC(=O)C1CCCN1c1ccc(C(N)=S)cc1Cl. The zero-order valence-electron chi connectivity index (χ0n) is 10.6. The molecular formula is C13H15ClN2O2S. The monoisotopic (exact) mass is 298 g/mol. The van der Waals surface area contributed by atoms with Crippen molar-refractivity contribution in [2.45, 2.75) is 18.9 Å². The zero-order valence-corrected chi connectivity index (χ0v) is 12.1. The molecule has 0 radical (unpaired) electrons. The minimum atomic E-state index is -0.266. The van der Waals surface area contributed by atoms with Gasteiger partial charge >= 0.3 is 5.97 Å². The molecule has 1 heterocycles. The molecule has 0 amide bonds. The molecule has 1 aromatic rings. The van der Waals surface area contributed by atoms with Crippen LogP contribution in [0.5, 0.6) is 0 Å². The number of ether oxygens (including phenoxy) is 1. The molecule has 1 aromatic carbocycles. The predicted molar refractivity (Wildman–Crippen MR) is 79.7 cm³/mol. The minimum absolute atomic E-state index is 0.230. The lowest BCUT2D eigenvalue weighted by atomic mass is 10.1. The first kappa shape index (κ1) is 14.1. The van der Waals surface area contributed by atoms with Crippen molar-refractivity contribution in [1.29, 1.82) is 0 Å². The summed E-state index contributed by atoms with van der Waals surface area (Å²) in [4.78, 5) is 14.0. The summed E-state index contributed by atoms with van der Waals surface area (Å²) in [7, 11) is 1.40. The van der Waals surface area contributed by atoms with Crippen LogP contribution in [0.2, 0.25) is 5.02 Å². The van der Waals surface area contributed by atoms with E-state index in [1.165, 1.54) is 7.11 Å². The average molecular weight is 299 g/mol. The van der Waals surface area contributed by atoms with Gasteiger partial charge in [-0.25, -0.2) is 4.79 Å². The molecule has 1 aliphatic rings. The first-order valence-corrected chi connectivity index (χ1v) is 6.77. The lowest BCUT2D eigenvalue weighted by Crippen LogP contribution is -2.37. The Morgan fingerprint density at radius 1 is 1.58 bits per heavy atom. The average Bonchev–Trinajstić information content (AvgIpc) is 2.86. The maximum Gasteiger partial charge on any atom is 0.328 e. The largest absolute Gasteiger partial charge is 0.467 e. The number of benzene rings is 1. The fourth-order valence-corrected chi connectivity index (χ4v) is 2.75. The quantitative estimate of drug-likeness (QED) is 0.684. The Morgan fingerprint density at radius 3 is 2.89 bits per heavy atom. The molecule has 1 atom stereocenters. The van der Waals surface area contributed by atoms with E-state index in [0.29, 0.717) is 10.0 Å². The van der Waals surface area contributed by atoms with E-state index in [1.807, 2.05) is 17.0 Å². The molecule has 1 unspecified atom stereocenters. The molecule has 0 saturated carbocycles. The Hall–Kier alpha value is -1.33. The van der Waals surface area contributed by atoms with Gasteiger partial charge in [0, 0.05) is 12.1 Å². The van der Waals surface area contributed by atoms with Crippen molar-refractivity contribution in [2.24, 2.45) is 5.73 Å². The van der Waals surface area contributed by atoms with Crippen LogP contribution in [0.3, 0.4) is 0 Å². The third-order valence-electron chi connectivity index (χ3n) is 3.27. The molecule has 0 aromatic heterocycles. The molecule has 0 bridgehead atoms. The summed E-state index contributed by atoms with van der Waals surface area (Å²) in [6, 6.07) is 5.12. The maximum atomic E-state index is 11.7. The first-order chi connectivity index (χ1) is 9.04. The molecule has 0 spiro atoms. The van der Waals surface area contributed by atoms with Gasteiger partial charge in [-0.15, -0.1) is 0 Å². The van der Waals surface area contributed by atoms with Crippen molar-refractivity contribution >= 4 is 40.5 Å². The Balaban J connectivity index is 2.31. The zero-order chi connectivity index (χ0) is 14.0. The summed E-state index contributed by atoms with van der Waals surface area (Å²) < 4.78 is 4.82. The summed E-state index contributed by atoms with van der Waals surface area (Å²) in [5, 5.41) is 0.543. The van der Waals surface area contributed by atoms with Gasteiger partial charge in [-0.1, -0.05) is 23.8 Å². The fraction of sp³-hybridized carbons (Fsp3) is 0.385. The number of esters is 1. The van der Waals surface area contributed by atoms with Crippen LogP contribution in [-0.4, -0.2) is 30.7 Å². The number of halogens is 1. The number of hydrogen-bond donors (Lipinski definition) is 1. The van der Waals surface area contributed by atoms with Gasteiger partial charge < -0.3 is 15.4 Å². The lowest BCUT2D eigenvalue weighted by Gasteiger charge is -2.26. The van der Waals surface area contributed by atoms with Crippen molar-refractivity contribution in [3.05, 3.63) is 28.8 Å². The highest BCUT2D eigenvalue weighted by Crippen LogP contribution is 2.33. The third-order valence-corrected chi connectivity index (χ3v) is 3.81. The molecule has 102 valence electrons. The van der Waals surface area contributed by atoms with Crippen LogP contribution < -0.4 is 10.6 Å². The lowest BCUT2D eigenvalue weighted by molar-refractivity contribution is -0.141. The Labute approximate surface area is 122 Å². The Morgan fingerprint density at radius 2 is 2.32 bits per heavy atom. The van der Waals surface area contributed by atoms with Crippen molar-refractivity contribution < 1.29 is 9.53 Å². The highest BCUT2D eigenvalue weighted by molar-refractivity contribution is 7.80. The van der Waals surface area contributed by atoms with Crippen LogP contribution in [0.15, 0.2) is 18.2 Å². The van der Waals surface area contributed by atoms with Gasteiger partial charge in [-0.3, -0.25) is 0 Å². The number of hydrogen-bond acceptors (Lipinski definition) is 4. The number of carbonyl (C=O) groups is 1. The van der Waals surface area contributed by atoms with Gasteiger partial charge in [0.15, 0.2) is 0 Å². The van der Waals surface area contributed by atoms with Gasteiger partial charge in [0.2, 0.25) is 0 Å². The summed E-state index contributed by atoms with van der Waals surface area (Å²) >= 11 is 11.2. The topological polar surface area (TPSA) is 55.6 Å². The van der Waals surface area contributed by atoms with Crippen molar-refractivity contribution in [3.63, 3.8) is 0 Å². The van der Waals surface area contributed by atoms with E-state index in [2.05, 4.69) is 0 Å². The van der Waals surface area contributed by atoms with Crippen molar-refractivity contribution in [2.75, 3.05) is 18.6 Å². The molecule has 19 heavy (non-hydrogen) atoms. The number of anilines is 1. The van der Waals surface area contributed by atoms with Crippen LogP contribution in [0.1, 0.15) is 18.4 Å². The van der Waals surface area contributed by atoms with E-state index in [4.69, 9.17) is 34.3 Å². The number of carbonyl (C=O) groups excluding carboxylic acids is 1. The Bertz CT molecular complexity index is 521. The number of rotatable bonds is 3. The van der Waals surface area contributed by atoms with Crippen molar-refractivity contribution in [3.8, 4) is 0 Å². The minimum Gasteiger partial charge on any atom is -0.467 e. The van der Waals surface area contributed by atoms with Gasteiger partial charge in [0.25, 0.3) is 0 Å². The second kappa shape index (κ2) is 5.75. The number of nitrogens with two attached hydrogens (primary N) is 1. The molecule has 6 heteroatoms. The van der Waals surface area contributed by atoms with Crippen LogP contribution in [0, 0.1) is 0 Å². The van der Waals surface area contributed by atoms with Gasteiger partial charge in [-0.05, 0) is 31.0 Å². The standard InChI is InChI=1S/C13H15ClN2O2S/c1-18-13(17)11-3-2-6-16(11)10-5-4-8(12(15)19)7-9(10)14/h4-5,7,11H,2-3,6H2,1H3,(H2,15,19). The fourth-order valence-electron chi connectivity index (χ4n) is 2.33. The third kappa shape index (κ3) is 2.82. The number of nitrogens with zero attached hydrogens (tertiary/aromatic N) is 1. The highest BCUT2D eigenvalue weighted by atomic mass is 35.5. The second-order valence-corrected chi connectivity index (χ2v) is 5.25.